The topological polar surface area (TPSA) is 77.8 Å². The highest BCUT2D eigenvalue weighted by Crippen LogP contribution is 2.37. The number of aromatic nitrogens is 1. The van der Waals surface area contributed by atoms with Gasteiger partial charge in [0.2, 0.25) is 0 Å². The summed E-state index contributed by atoms with van der Waals surface area (Å²) in [5.41, 5.74) is 7.17. The van der Waals surface area contributed by atoms with Crippen LogP contribution >= 0.6 is 22.9 Å². The first-order chi connectivity index (χ1) is 11.7. The first kappa shape index (κ1) is 16.0. The Morgan fingerprint density at radius 1 is 1.46 bits per heavy atom. The number of ketones is 1. The molecule has 0 bridgehead atoms. The summed E-state index contributed by atoms with van der Waals surface area (Å²) in [6.45, 7) is 0.786. The van der Waals surface area contributed by atoms with Gasteiger partial charge in [0.05, 0.1) is 16.3 Å². The summed E-state index contributed by atoms with van der Waals surface area (Å²) in [6.07, 6.45) is 2.95. The number of halogens is 1. The van der Waals surface area contributed by atoms with Gasteiger partial charge in [-0.2, -0.15) is 5.26 Å². The van der Waals surface area contributed by atoms with E-state index in [1.165, 1.54) is 11.3 Å². The minimum Gasteiger partial charge on any atom is -0.297 e. The molecule has 7 heteroatoms. The first-order valence-electron chi connectivity index (χ1n) is 8.15. The van der Waals surface area contributed by atoms with Crippen LogP contribution in [0.25, 0.3) is 10.2 Å². The van der Waals surface area contributed by atoms with Crippen molar-refractivity contribution >= 4 is 38.9 Å². The molecule has 1 saturated heterocycles. The van der Waals surface area contributed by atoms with Crippen LogP contribution in [-0.4, -0.2) is 23.4 Å². The van der Waals surface area contributed by atoms with Crippen molar-refractivity contribution in [1.29, 1.82) is 5.26 Å². The Kier molecular flexibility index (Phi) is 4.27. The van der Waals surface area contributed by atoms with Crippen LogP contribution in [0, 0.1) is 23.2 Å². The lowest BCUT2D eigenvalue weighted by Crippen LogP contribution is -2.40. The van der Waals surface area contributed by atoms with Gasteiger partial charge in [-0.25, -0.2) is 4.98 Å². The van der Waals surface area contributed by atoms with Gasteiger partial charge >= 0.3 is 0 Å². The number of benzene rings is 1. The maximum absolute atomic E-state index is 13.1. The number of thiazole rings is 1. The molecule has 0 radical (unpaired) electrons. The van der Waals surface area contributed by atoms with Gasteiger partial charge in [-0.15, -0.1) is 11.3 Å². The van der Waals surface area contributed by atoms with Gasteiger partial charge in [0.25, 0.3) is 0 Å². The fourth-order valence-corrected chi connectivity index (χ4v) is 5.06. The molecule has 4 rings (SSSR count). The van der Waals surface area contributed by atoms with Crippen LogP contribution in [0.4, 0.5) is 0 Å². The number of carbonyl (C=O) groups excluding carboxylic acids is 1. The minimum atomic E-state index is -0.787. The highest BCUT2D eigenvalue weighted by atomic mass is 35.5. The van der Waals surface area contributed by atoms with E-state index in [4.69, 9.17) is 11.6 Å². The van der Waals surface area contributed by atoms with E-state index in [1.807, 2.05) is 6.07 Å². The number of hydrazine groups is 1. The Morgan fingerprint density at radius 3 is 3.17 bits per heavy atom. The maximum Gasteiger partial charge on any atom is 0.160 e. The Balaban J connectivity index is 1.64. The van der Waals surface area contributed by atoms with Crippen molar-refractivity contribution in [2.24, 2.45) is 11.8 Å². The van der Waals surface area contributed by atoms with Crippen LogP contribution in [0.1, 0.15) is 30.2 Å². The van der Waals surface area contributed by atoms with Crippen molar-refractivity contribution in [1.82, 2.24) is 15.8 Å². The number of hydrogen-bond acceptors (Lipinski definition) is 6. The van der Waals surface area contributed by atoms with E-state index < -0.39 is 5.92 Å². The summed E-state index contributed by atoms with van der Waals surface area (Å²) in [5.74, 6) is -0.578. The number of carbonyl (C=O) groups is 1. The average molecular weight is 361 g/mol. The number of rotatable bonds is 3. The molecule has 2 heterocycles. The van der Waals surface area contributed by atoms with Crippen molar-refractivity contribution in [3.8, 4) is 6.07 Å². The highest BCUT2D eigenvalue weighted by molar-refractivity contribution is 7.18. The molecular formula is C17H17ClN4OS. The fraction of sp³-hybridized carbons (Fsp3) is 0.471. The van der Waals surface area contributed by atoms with Gasteiger partial charge in [0, 0.05) is 23.5 Å². The van der Waals surface area contributed by atoms with Crippen LogP contribution in [-0.2, 0) is 4.79 Å². The molecule has 4 unspecified atom stereocenters. The Labute approximate surface area is 149 Å². The van der Waals surface area contributed by atoms with Crippen LogP contribution in [0.15, 0.2) is 18.2 Å². The summed E-state index contributed by atoms with van der Waals surface area (Å²) < 4.78 is 0.952. The van der Waals surface area contributed by atoms with Crippen molar-refractivity contribution in [3.63, 3.8) is 0 Å². The largest absolute Gasteiger partial charge is 0.297 e. The van der Waals surface area contributed by atoms with Gasteiger partial charge < -0.3 is 0 Å². The lowest BCUT2D eigenvalue weighted by molar-refractivity contribution is -0.125. The van der Waals surface area contributed by atoms with E-state index >= 15 is 0 Å². The summed E-state index contributed by atoms with van der Waals surface area (Å²) >= 11 is 7.42. The van der Waals surface area contributed by atoms with Crippen molar-refractivity contribution in [2.75, 3.05) is 6.54 Å². The summed E-state index contributed by atoms with van der Waals surface area (Å²) in [7, 11) is 0. The lowest BCUT2D eigenvalue weighted by atomic mass is 9.72. The SMILES string of the molecule is N#CC(C(=O)C1CCCC2NNCC21)c1nc2cc(Cl)ccc2s1. The van der Waals surface area contributed by atoms with E-state index in [-0.39, 0.29) is 17.6 Å². The van der Waals surface area contributed by atoms with E-state index in [2.05, 4.69) is 21.9 Å². The van der Waals surface area contributed by atoms with Gasteiger partial charge in [-0.1, -0.05) is 18.0 Å². The number of Topliss-reactive ketones (excluding diaryl/α,β-unsaturated/α-hetero) is 1. The number of fused-ring (bicyclic) bond motifs is 2. The second-order valence-electron chi connectivity index (χ2n) is 6.46. The van der Waals surface area contributed by atoms with Crippen molar-refractivity contribution < 1.29 is 4.79 Å². The van der Waals surface area contributed by atoms with Gasteiger partial charge in [-0.05, 0) is 37.0 Å². The molecule has 124 valence electrons. The molecule has 2 aliphatic rings. The number of nitrogens with one attached hydrogen (secondary N) is 2. The number of nitrogens with zero attached hydrogens (tertiary/aromatic N) is 2. The van der Waals surface area contributed by atoms with Crippen molar-refractivity contribution in [2.45, 2.75) is 31.2 Å². The van der Waals surface area contributed by atoms with Crippen LogP contribution in [0.5, 0.6) is 0 Å². The quantitative estimate of drug-likeness (QED) is 0.879. The number of hydrogen-bond donors (Lipinski definition) is 2. The second-order valence-corrected chi connectivity index (χ2v) is 7.96. The average Bonchev–Trinajstić information content (AvgIpc) is 3.20. The standard InChI is InChI=1S/C17H17ClN4OS/c18-9-4-5-15-14(6-9)21-17(24-15)11(7-19)16(23)10-2-1-3-13-12(10)8-20-22-13/h4-6,10-13,20,22H,1-3,8H2. The molecule has 1 aromatic heterocycles. The zero-order valence-electron chi connectivity index (χ0n) is 13.0. The molecule has 5 nitrogen and oxygen atoms in total. The predicted molar refractivity (Wildman–Crippen MR) is 93.7 cm³/mol. The summed E-state index contributed by atoms with van der Waals surface area (Å²) in [5, 5.41) is 10.8. The Morgan fingerprint density at radius 2 is 2.33 bits per heavy atom. The molecule has 1 aliphatic carbocycles. The molecule has 1 aromatic carbocycles. The smallest absolute Gasteiger partial charge is 0.160 e. The van der Waals surface area contributed by atoms with Gasteiger partial charge in [0.15, 0.2) is 11.7 Å². The predicted octanol–water partition coefficient (Wildman–Crippen LogP) is 3.02. The molecule has 0 amide bonds. The molecule has 1 aliphatic heterocycles. The van der Waals surface area contributed by atoms with Crippen LogP contribution in [0.3, 0.4) is 0 Å². The third kappa shape index (κ3) is 2.72. The van der Waals surface area contributed by atoms with Gasteiger partial charge in [0.1, 0.15) is 5.01 Å². The first-order valence-corrected chi connectivity index (χ1v) is 9.34. The molecule has 2 aromatic rings. The highest BCUT2D eigenvalue weighted by Gasteiger charge is 2.43. The molecule has 4 atom stereocenters. The summed E-state index contributed by atoms with van der Waals surface area (Å²) in [4.78, 5) is 17.6. The molecule has 24 heavy (non-hydrogen) atoms. The third-order valence-corrected chi connectivity index (χ3v) is 6.42. The van der Waals surface area contributed by atoms with E-state index in [9.17, 15) is 10.1 Å². The Hall–Kier alpha value is -1.52. The number of nitriles is 1. The second kappa shape index (κ2) is 6.41. The third-order valence-electron chi connectivity index (χ3n) is 5.08. The fourth-order valence-electron chi connectivity index (χ4n) is 3.89. The van der Waals surface area contributed by atoms with Crippen LogP contribution in [0.2, 0.25) is 5.02 Å². The zero-order chi connectivity index (χ0) is 16.7. The van der Waals surface area contributed by atoms with Crippen LogP contribution < -0.4 is 10.9 Å². The van der Waals surface area contributed by atoms with E-state index in [0.29, 0.717) is 16.1 Å². The molecule has 2 fully saturated rings. The normalized spacial score (nSPS) is 27.6. The monoisotopic (exact) mass is 360 g/mol. The zero-order valence-corrected chi connectivity index (χ0v) is 14.5. The van der Waals surface area contributed by atoms with E-state index in [0.717, 1.165) is 36.0 Å². The molecule has 0 spiro atoms. The molecule has 1 saturated carbocycles. The molecular weight excluding hydrogens is 344 g/mol. The molecule has 2 N–H and O–H groups in total. The lowest BCUT2D eigenvalue weighted by Gasteiger charge is -2.32. The van der Waals surface area contributed by atoms with E-state index in [1.54, 1.807) is 12.1 Å². The Bertz CT molecular complexity index is 830. The minimum absolute atomic E-state index is 0.0165. The maximum atomic E-state index is 13.1. The van der Waals surface area contributed by atoms with Gasteiger partial charge in [-0.3, -0.25) is 15.6 Å². The van der Waals surface area contributed by atoms with Crippen molar-refractivity contribution in [3.05, 3.63) is 28.2 Å². The summed E-state index contributed by atoms with van der Waals surface area (Å²) in [6, 6.07) is 8.00.